The number of rotatable bonds is 4. The number of nitrogens with zero attached hydrogens (tertiary/aromatic N) is 1. The van der Waals surface area contributed by atoms with Crippen molar-refractivity contribution in [1.29, 1.82) is 0 Å². The van der Waals surface area contributed by atoms with Crippen LogP contribution in [0.5, 0.6) is 5.75 Å². The third kappa shape index (κ3) is 4.78. The van der Waals surface area contributed by atoms with Crippen molar-refractivity contribution in [3.8, 4) is 5.75 Å². The molecule has 3 rings (SSSR count). The summed E-state index contributed by atoms with van der Waals surface area (Å²) in [7, 11) is -2.94. The highest BCUT2D eigenvalue weighted by Crippen LogP contribution is 2.25. The maximum atomic E-state index is 13.0. The Hall–Kier alpha value is -3.25. The smallest absolute Gasteiger partial charge is 0.343 e. The average Bonchev–Trinajstić information content (AvgIpc) is 2.68. The lowest BCUT2D eigenvalue weighted by Gasteiger charge is -2.11. The van der Waals surface area contributed by atoms with Crippen LogP contribution in [0.4, 0.5) is 0 Å². The molecule has 148 valence electrons. The summed E-state index contributed by atoms with van der Waals surface area (Å²) in [5.74, 6) is -1.18. The Kier molecular flexibility index (Phi) is 5.94. The van der Waals surface area contributed by atoms with Gasteiger partial charge in [-0.2, -0.15) is 4.36 Å². The summed E-state index contributed by atoms with van der Waals surface area (Å²) in [6.07, 6.45) is 1.41. The number of amides is 1. The van der Waals surface area contributed by atoms with Crippen molar-refractivity contribution in [2.45, 2.75) is 18.7 Å². The third-order valence-electron chi connectivity index (χ3n) is 4.38. The number of esters is 1. The maximum absolute atomic E-state index is 13.0. The van der Waals surface area contributed by atoms with Gasteiger partial charge in [-0.15, -0.1) is 0 Å². The van der Waals surface area contributed by atoms with Gasteiger partial charge in [0, 0.05) is 11.2 Å². The van der Waals surface area contributed by atoms with E-state index in [0.29, 0.717) is 16.0 Å². The van der Waals surface area contributed by atoms with Gasteiger partial charge in [-0.25, -0.2) is 9.00 Å². The number of carbonyl (C=O) groups excluding carboxylic acids is 2. The van der Waals surface area contributed by atoms with Gasteiger partial charge >= 0.3 is 5.97 Å². The molecule has 0 aromatic heterocycles. The third-order valence-corrected chi connectivity index (χ3v) is 6.04. The van der Waals surface area contributed by atoms with Gasteiger partial charge in [0.15, 0.2) is 0 Å². The molecular formula is C23H21NO4S. The van der Waals surface area contributed by atoms with Crippen LogP contribution in [0.25, 0.3) is 0 Å². The summed E-state index contributed by atoms with van der Waals surface area (Å²) in [5, 5.41) is 0. The summed E-state index contributed by atoms with van der Waals surface area (Å²) in [5.41, 5.74) is 2.09. The molecule has 3 aromatic rings. The second-order valence-electron chi connectivity index (χ2n) is 6.72. The molecule has 0 aliphatic rings. The van der Waals surface area contributed by atoms with E-state index in [-0.39, 0.29) is 11.3 Å². The molecule has 0 radical (unpaired) electrons. The molecule has 1 amide bonds. The zero-order valence-electron chi connectivity index (χ0n) is 16.4. The predicted molar refractivity (Wildman–Crippen MR) is 113 cm³/mol. The molecule has 5 nitrogen and oxygen atoms in total. The second kappa shape index (κ2) is 8.41. The Labute approximate surface area is 170 Å². The normalized spacial score (nSPS) is 12.7. The van der Waals surface area contributed by atoms with E-state index in [1.807, 2.05) is 6.92 Å². The van der Waals surface area contributed by atoms with Crippen molar-refractivity contribution in [2.75, 3.05) is 6.26 Å². The van der Waals surface area contributed by atoms with Gasteiger partial charge in [0.2, 0.25) is 0 Å². The fourth-order valence-corrected chi connectivity index (χ4v) is 3.95. The number of aryl methyl sites for hydroxylation is 2. The standard InChI is InChI=1S/C23H21NO4S/c1-16-12-14-18(15-13-16)23(26)28-20-11-7-8-17(2)21(20)22(25)24-29(3,27)19-9-5-4-6-10-19/h4-15H,1-3H3. The predicted octanol–water partition coefficient (Wildman–Crippen LogP) is 4.82. The fraction of sp³-hybridized carbons (Fsp3) is 0.130. The SMILES string of the molecule is Cc1ccc(C(=O)Oc2cccc(C)c2C(=O)N=S(C)(=O)c2ccccc2)cc1. The first kappa shape index (κ1) is 20.5. The number of ether oxygens (including phenoxy) is 1. The molecule has 29 heavy (non-hydrogen) atoms. The molecule has 1 atom stereocenters. The first-order chi connectivity index (χ1) is 13.8. The minimum Gasteiger partial charge on any atom is -0.422 e. The minimum absolute atomic E-state index is 0.0904. The molecule has 3 aromatic carbocycles. The highest BCUT2D eigenvalue weighted by molar-refractivity contribution is 7.93. The second-order valence-corrected chi connectivity index (χ2v) is 8.97. The molecule has 1 unspecified atom stereocenters. The Bertz CT molecular complexity index is 1180. The molecular weight excluding hydrogens is 386 g/mol. The zero-order valence-corrected chi connectivity index (χ0v) is 17.2. The number of hydrogen-bond donors (Lipinski definition) is 0. The van der Waals surface area contributed by atoms with Crippen molar-refractivity contribution in [3.63, 3.8) is 0 Å². The largest absolute Gasteiger partial charge is 0.422 e. The molecule has 0 saturated carbocycles. The zero-order chi connectivity index (χ0) is 21.0. The van der Waals surface area contributed by atoms with Crippen molar-refractivity contribution < 1.29 is 18.5 Å². The monoisotopic (exact) mass is 407 g/mol. The summed E-state index contributed by atoms with van der Waals surface area (Å²) in [4.78, 5) is 25.9. The minimum atomic E-state index is -2.94. The van der Waals surface area contributed by atoms with Gasteiger partial charge in [0.25, 0.3) is 5.91 Å². The van der Waals surface area contributed by atoms with Gasteiger partial charge in [0.05, 0.1) is 20.9 Å². The van der Waals surface area contributed by atoms with Crippen molar-refractivity contribution >= 4 is 21.6 Å². The van der Waals surface area contributed by atoms with E-state index in [1.54, 1.807) is 73.7 Å². The molecule has 0 N–H and O–H groups in total. The first-order valence-electron chi connectivity index (χ1n) is 8.98. The van der Waals surface area contributed by atoms with E-state index in [0.717, 1.165) is 5.56 Å². The van der Waals surface area contributed by atoms with Gasteiger partial charge in [-0.05, 0) is 49.7 Å². The highest BCUT2D eigenvalue weighted by atomic mass is 32.2. The lowest BCUT2D eigenvalue weighted by Crippen LogP contribution is -2.13. The van der Waals surface area contributed by atoms with Crippen LogP contribution in [0, 0.1) is 13.8 Å². The number of benzene rings is 3. The van der Waals surface area contributed by atoms with Gasteiger partial charge in [-0.3, -0.25) is 4.79 Å². The van der Waals surface area contributed by atoms with Crippen LogP contribution in [0.3, 0.4) is 0 Å². The molecule has 0 spiro atoms. The molecule has 0 heterocycles. The molecule has 0 fully saturated rings. The van der Waals surface area contributed by atoms with Crippen molar-refractivity contribution in [2.24, 2.45) is 4.36 Å². The number of hydrogen-bond acceptors (Lipinski definition) is 4. The average molecular weight is 407 g/mol. The summed E-state index contributed by atoms with van der Waals surface area (Å²) >= 11 is 0. The van der Waals surface area contributed by atoms with Gasteiger partial charge in [-0.1, -0.05) is 48.0 Å². The molecule has 6 heteroatoms. The van der Waals surface area contributed by atoms with Gasteiger partial charge in [0.1, 0.15) is 5.75 Å². The van der Waals surface area contributed by atoms with Crippen LogP contribution in [-0.4, -0.2) is 22.3 Å². The Morgan fingerprint density at radius 3 is 2.17 bits per heavy atom. The van der Waals surface area contributed by atoms with E-state index >= 15 is 0 Å². The number of carbonyl (C=O) groups is 2. The topological polar surface area (TPSA) is 72.8 Å². The van der Waals surface area contributed by atoms with E-state index < -0.39 is 21.6 Å². The molecule has 0 aliphatic heterocycles. The van der Waals surface area contributed by atoms with Crippen LogP contribution in [-0.2, 0) is 9.73 Å². The van der Waals surface area contributed by atoms with Crippen LogP contribution < -0.4 is 4.74 Å². The van der Waals surface area contributed by atoms with Crippen molar-refractivity contribution in [3.05, 3.63) is 95.1 Å². The lowest BCUT2D eigenvalue weighted by molar-refractivity contribution is 0.0732. The lowest BCUT2D eigenvalue weighted by atomic mass is 10.1. The highest BCUT2D eigenvalue weighted by Gasteiger charge is 2.20. The molecule has 0 saturated heterocycles. The van der Waals surface area contributed by atoms with E-state index in [2.05, 4.69) is 4.36 Å². The van der Waals surface area contributed by atoms with E-state index in [9.17, 15) is 13.8 Å². The first-order valence-corrected chi connectivity index (χ1v) is 10.9. The maximum Gasteiger partial charge on any atom is 0.343 e. The Morgan fingerprint density at radius 1 is 0.862 bits per heavy atom. The van der Waals surface area contributed by atoms with E-state index in [4.69, 9.17) is 4.74 Å². The quantitative estimate of drug-likeness (QED) is 0.459. The fourth-order valence-electron chi connectivity index (χ4n) is 2.78. The van der Waals surface area contributed by atoms with Crippen LogP contribution in [0.2, 0.25) is 0 Å². The molecule has 0 aliphatic carbocycles. The van der Waals surface area contributed by atoms with Gasteiger partial charge < -0.3 is 4.74 Å². The Morgan fingerprint density at radius 2 is 1.52 bits per heavy atom. The van der Waals surface area contributed by atoms with Crippen LogP contribution in [0.15, 0.2) is 82.1 Å². The van der Waals surface area contributed by atoms with E-state index in [1.165, 1.54) is 12.3 Å². The summed E-state index contributed by atoms with van der Waals surface area (Å²) in [6.45, 7) is 3.63. The summed E-state index contributed by atoms with van der Waals surface area (Å²) in [6, 6.07) is 20.5. The van der Waals surface area contributed by atoms with Crippen LogP contribution >= 0.6 is 0 Å². The van der Waals surface area contributed by atoms with Crippen molar-refractivity contribution in [1.82, 2.24) is 0 Å². The van der Waals surface area contributed by atoms with Crippen LogP contribution in [0.1, 0.15) is 31.8 Å². The molecule has 0 bridgehead atoms. The Balaban J connectivity index is 1.97. The summed E-state index contributed by atoms with van der Waals surface area (Å²) < 4.78 is 22.4.